The maximum atomic E-state index is 9.12. The van der Waals surface area contributed by atoms with Gasteiger partial charge in [-0.05, 0) is 0 Å². The first-order chi connectivity index (χ1) is 2.41. The van der Waals surface area contributed by atoms with Crippen molar-refractivity contribution in [1.82, 2.24) is 0 Å². The van der Waals surface area contributed by atoms with E-state index in [-0.39, 0.29) is 24.0 Å². The fraction of sp³-hybridized carbons (Fsp3) is 0.500. The van der Waals surface area contributed by atoms with Crippen molar-refractivity contribution in [3.8, 4) is 0 Å². The molecule has 0 radical (unpaired) electrons. The number of carbonyl (C=O) groups excluding carboxylic acids is 1. The van der Waals surface area contributed by atoms with Crippen LogP contribution >= 0.6 is 0 Å². The Hall–Kier alpha value is 0.122. The van der Waals surface area contributed by atoms with E-state index in [0.717, 1.165) is 0 Å². The zero-order chi connectivity index (χ0) is 4.12. The van der Waals surface area contributed by atoms with Gasteiger partial charge in [0.05, 0.1) is 0 Å². The van der Waals surface area contributed by atoms with E-state index in [1.54, 1.807) is 0 Å². The summed E-state index contributed by atoms with van der Waals surface area (Å²) in [6.07, 6.45) is 0.458. The minimum absolute atomic E-state index is 0. The minimum atomic E-state index is -0.236. The highest BCUT2D eigenvalue weighted by molar-refractivity contribution is 5.75. The van der Waals surface area contributed by atoms with Crippen LogP contribution in [0.2, 0.25) is 0 Å². The third-order valence-corrected chi connectivity index (χ3v) is 0.143. The van der Waals surface area contributed by atoms with E-state index in [0.29, 0.717) is 6.29 Å². The lowest BCUT2D eigenvalue weighted by atomic mass is 10.9. The minimum Gasteiger partial charge on any atom is -0.301 e. The normalized spacial score (nSPS) is 6.17. The Morgan fingerprint density at radius 2 is 2.33 bits per heavy atom. The van der Waals surface area contributed by atoms with Crippen molar-refractivity contribution in [2.45, 2.75) is 0 Å². The van der Waals surface area contributed by atoms with E-state index in [1.807, 2.05) is 0 Å². The van der Waals surface area contributed by atoms with Gasteiger partial charge in [-0.15, -0.1) is 0 Å². The van der Waals surface area contributed by atoms with Gasteiger partial charge in [-0.3, -0.25) is 5.26 Å². The molecule has 0 aliphatic rings. The van der Waals surface area contributed by atoms with Crippen molar-refractivity contribution in [1.29, 1.82) is 0 Å². The van der Waals surface area contributed by atoms with Crippen LogP contribution in [0.25, 0.3) is 0 Å². The molecule has 0 fully saturated rings. The summed E-state index contributed by atoms with van der Waals surface area (Å²) >= 11 is 0. The molecule has 0 rings (SSSR count). The molecule has 4 heteroatoms. The lowest BCUT2D eigenvalue weighted by Crippen LogP contribution is -1.85. The average molecular weight is 106 g/mol. The fourth-order valence-electron chi connectivity index (χ4n) is 0.0304. The maximum Gasteiger partial charge on any atom is 0.187 e. The predicted octanol–water partition coefficient (Wildman–Crippen LogP) is -1.51. The Morgan fingerprint density at radius 1 is 1.83 bits per heavy atom. The summed E-state index contributed by atoms with van der Waals surface area (Å²) in [5.74, 6) is 0. The molecule has 0 spiro atoms. The summed E-state index contributed by atoms with van der Waals surface area (Å²) in [6.45, 7) is -0.236. The van der Waals surface area contributed by atoms with Crippen molar-refractivity contribution in [3.63, 3.8) is 0 Å². The van der Waals surface area contributed by atoms with E-state index < -0.39 is 0 Å². The largest absolute Gasteiger partial charge is 0.301 e. The molecule has 0 aromatic rings. The summed E-state index contributed by atoms with van der Waals surface area (Å²) in [5.41, 5.74) is 0. The average Bonchev–Trinajstić information content (AvgIpc) is 1.41. The molecule has 0 bridgehead atoms. The van der Waals surface area contributed by atoms with E-state index >= 15 is 0 Å². The summed E-state index contributed by atoms with van der Waals surface area (Å²) in [6, 6.07) is 0. The molecule has 0 aromatic heterocycles. The molecule has 0 atom stereocenters. The maximum absolute atomic E-state index is 9.12. The molecule has 0 unspecified atom stereocenters. The van der Waals surface area contributed by atoms with E-state index in [2.05, 4.69) is 4.89 Å². The van der Waals surface area contributed by atoms with Gasteiger partial charge in [0.1, 0.15) is 12.9 Å². The van der Waals surface area contributed by atoms with Gasteiger partial charge in [0.25, 0.3) is 0 Å². The summed E-state index contributed by atoms with van der Waals surface area (Å²) in [4.78, 5) is 12.4. The van der Waals surface area contributed by atoms with Gasteiger partial charge in [-0.25, -0.2) is 4.89 Å². The monoisotopic (exact) mass is 106 g/mol. The van der Waals surface area contributed by atoms with Crippen molar-refractivity contribution < 1.29 is 14.9 Å². The lowest BCUT2D eigenvalue weighted by Gasteiger charge is -1.73. The molecule has 0 amide bonds. The Balaban J connectivity index is 0. The molecule has 0 saturated carbocycles. The molecule has 6 heavy (non-hydrogen) atoms. The molecule has 0 saturated heterocycles. The van der Waals surface area contributed by atoms with Gasteiger partial charge >= 0.3 is 0 Å². The molecular formula is C2H7AlO3. The fourth-order valence-corrected chi connectivity index (χ4v) is 0.0304. The van der Waals surface area contributed by atoms with Crippen LogP contribution in [0.4, 0.5) is 0 Å². The van der Waals surface area contributed by atoms with Crippen molar-refractivity contribution in [3.05, 3.63) is 0 Å². The number of rotatable bonds is 2. The molecule has 36 valence electrons. The molecule has 0 aromatic carbocycles. The van der Waals surface area contributed by atoms with Crippen LogP contribution in [0.3, 0.4) is 0 Å². The zero-order valence-electron chi connectivity index (χ0n) is 2.55. The second-order valence-corrected chi connectivity index (χ2v) is 0.462. The van der Waals surface area contributed by atoms with Gasteiger partial charge in [0.15, 0.2) is 17.4 Å². The lowest BCUT2D eigenvalue weighted by molar-refractivity contribution is -0.234. The first-order valence-electron chi connectivity index (χ1n) is 1.12. The molecular weight excluding hydrogens is 99.0 g/mol. The van der Waals surface area contributed by atoms with E-state index in [4.69, 9.17) is 10.1 Å². The molecule has 1 N–H and O–H groups in total. The Morgan fingerprint density at radius 3 is 2.33 bits per heavy atom. The first kappa shape index (κ1) is 9.45. The Kier molecular flexibility index (Phi) is 14.1. The quantitative estimate of drug-likeness (QED) is 0.201. The highest BCUT2D eigenvalue weighted by atomic mass is 27.0. The zero-order valence-corrected chi connectivity index (χ0v) is 2.55. The van der Waals surface area contributed by atoms with Crippen molar-refractivity contribution in [2.75, 3.05) is 6.61 Å². The van der Waals surface area contributed by atoms with Crippen LogP contribution in [-0.2, 0) is 9.68 Å². The summed E-state index contributed by atoms with van der Waals surface area (Å²) in [7, 11) is 0. The number of hydrogen-bond acceptors (Lipinski definition) is 3. The highest BCUT2D eigenvalue weighted by Gasteiger charge is 1.66. The van der Waals surface area contributed by atoms with Crippen LogP contribution in [0, 0.1) is 0 Å². The first-order valence-corrected chi connectivity index (χ1v) is 1.12. The van der Waals surface area contributed by atoms with Gasteiger partial charge in [0, 0.05) is 0 Å². The summed E-state index contributed by atoms with van der Waals surface area (Å²) in [5, 5.41) is 7.34. The second-order valence-electron chi connectivity index (χ2n) is 0.462. The predicted molar refractivity (Wildman–Crippen MR) is 24.6 cm³/mol. The third kappa shape index (κ3) is 8.92. The van der Waals surface area contributed by atoms with Crippen molar-refractivity contribution >= 4 is 23.6 Å². The molecule has 3 nitrogen and oxygen atoms in total. The Bertz CT molecular complexity index is 30.0. The van der Waals surface area contributed by atoms with Crippen LogP contribution in [0.15, 0.2) is 0 Å². The highest BCUT2D eigenvalue weighted by Crippen LogP contribution is 1.49. The van der Waals surface area contributed by atoms with Gasteiger partial charge in [0.2, 0.25) is 0 Å². The Labute approximate surface area is 46.0 Å². The number of carbonyl (C=O) groups is 1. The molecule has 0 aliphatic heterocycles. The van der Waals surface area contributed by atoms with Crippen LogP contribution < -0.4 is 0 Å². The van der Waals surface area contributed by atoms with E-state index in [1.165, 1.54) is 0 Å². The molecule has 0 heterocycles. The summed E-state index contributed by atoms with van der Waals surface area (Å²) < 4.78 is 0. The van der Waals surface area contributed by atoms with Crippen LogP contribution in [-0.4, -0.2) is 35.5 Å². The second kappa shape index (κ2) is 8.93. The smallest absolute Gasteiger partial charge is 0.187 e. The number of aldehydes is 1. The standard InChI is InChI=1S/C2H4O3.Al.3H/c3-1-2-5-4;;;;/h1,4H,2H2;;;;. The van der Waals surface area contributed by atoms with Gasteiger partial charge in [-0.2, -0.15) is 0 Å². The number of hydrogen-bond donors (Lipinski definition) is 1. The van der Waals surface area contributed by atoms with Gasteiger partial charge < -0.3 is 4.79 Å². The molecule has 0 aliphatic carbocycles. The van der Waals surface area contributed by atoms with Crippen LogP contribution in [0.5, 0.6) is 0 Å². The third-order valence-electron chi connectivity index (χ3n) is 0.143. The van der Waals surface area contributed by atoms with E-state index in [9.17, 15) is 0 Å². The van der Waals surface area contributed by atoms with Gasteiger partial charge in [-0.1, -0.05) is 0 Å². The topological polar surface area (TPSA) is 46.5 Å². The SMILES string of the molecule is O=CCOO.[AlH3]. The van der Waals surface area contributed by atoms with Crippen molar-refractivity contribution in [2.24, 2.45) is 0 Å². The van der Waals surface area contributed by atoms with Crippen LogP contribution in [0.1, 0.15) is 0 Å².